The number of ether oxygens (including phenoxy) is 2. The number of rotatable bonds is 8. The van der Waals surface area contributed by atoms with Gasteiger partial charge < -0.3 is 35.0 Å². The van der Waals surface area contributed by atoms with Gasteiger partial charge in [-0.2, -0.15) is 0 Å². The second kappa shape index (κ2) is 11.7. The van der Waals surface area contributed by atoms with Gasteiger partial charge in [-0.15, -0.1) is 0 Å². The van der Waals surface area contributed by atoms with Crippen LogP contribution in [0.3, 0.4) is 0 Å². The van der Waals surface area contributed by atoms with Gasteiger partial charge in [-0.25, -0.2) is 0 Å². The molecule has 0 aromatic rings. The molecule has 0 bridgehead atoms. The van der Waals surface area contributed by atoms with E-state index in [9.17, 15) is 30.3 Å². The molecule has 12 atom stereocenters. The molecule has 44 heavy (non-hydrogen) atoms. The molecule has 0 radical (unpaired) electrons. The highest BCUT2D eigenvalue weighted by atomic mass is 16.7. The van der Waals surface area contributed by atoms with E-state index in [0.29, 0.717) is 25.2 Å². The number of carboxylic acid groups (broad SMARTS) is 1. The molecule has 4 aliphatic carbocycles. The lowest BCUT2D eigenvalue weighted by molar-refractivity contribution is -0.285. The first-order valence-corrected chi connectivity index (χ1v) is 17.0. The number of carboxylic acids is 1. The van der Waals surface area contributed by atoms with E-state index in [2.05, 4.69) is 55.0 Å². The van der Waals surface area contributed by atoms with E-state index in [1.54, 1.807) is 0 Å². The summed E-state index contributed by atoms with van der Waals surface area (Å²) < 4.78 is 12.5. The molecule has 3 fully saturated rings. The number of aliphatic hydroxyl groups is 4. The van der Waals surface area contributed by atoms with Crippen LogP contribution in [0.5, 0.6) is 0 Å². The lowest BCUT2D eigenvalue weighted by Crippen LogP contribution is -2.60. The Morgan fingerprint density at radius 3 is 2.34 bits per heavy atom. The summed E-state index contributed by atoms with van der Waals surface area (Å²) in [5.74, 6) is -0.745. The van der Waals surface area contributed by atoms with Crippen LogP contribution in [0, 0.1) is 45.3 Å². The summed E-state index contributed by atoms with van der Waals surface area (Å²) in [6, 6.07) is 0. The Labute approximate surface area is 263 Å². The highest BCUT2D eigenvalue weighted by molar-refractivity contribution is 5.71. The quantitative estimate of drug-likeness (QED) is 0.234. The molecule has 8 heteroatoms. The molecule has 5 aliphatic rings. The summed E-state index contributed by atoms with van der Waals surface area (Å²) in [7, 11) is 0. The largest absolute Gasteiger partial charge is 0.481 e. The molecule has 1 saturated heterocycles. The van der Waals surface area contributed by atoms with Crippen molar-refractivity contribution in [3.63, 3.8) is 0 Å². The molecule has 250 valence electrons. The fourth-order valence-corrected chi connectivity index (χ4v) is 10.6. The maximum Gasteiger partial charge on any atom is 0.306 e. The highest BCUT2D eigenvalue weighted by Crippen LogP contribution is 2.73. The number of fused-ring (bicyclic) bond motifs is 4. The maximum atomic E-state index is 12.9. The fourth-order valence-electron chi connectivity index (χ4n) is 10.6. The van der Waals surface area contributed by atoms with Crippen LogP contribution in [-0.4, -0.2) is 74.9 Å². The van der Waals surface area contributed by atoms with Crippen LogP contribution >= 0.6 is 0 Å². The molecule has 1 heterocycles. The van der Waals surface area contributed by atoms with Gasteiger partial charge in [0.05, 0.1) is 24.7 Å². The zero-order valence-corrected chi connectivity index (χ0v) is 28.0. The van der Waals surface area contributed by atoms with Gasteiger partial charge in [0.25, 0.3) is 0 Å². The summed E-state index contributed by atoms with van der Waals surface area (Å²) in [6.45, 7) is 19.6. The second-order valence-corrected chi connectivity index (χ2v) is 16.5. The number of aliphatic hydroxyl groups excluding tert-OH is 4. The van der Waals surface area contributed by atoms with Gasteiger partial charge in [-0.05, 0) is 103 Å². The normalized spacial score (nSPS) is 45.8. The number of carbonyl (C=O) groups is 1. The second-order valence-electron chi connectivity index (χ2n) is 16.5. The van der Waals surface area contributed by atoms with Gasteiger partial charge in [0.15, 0.2) is 6.29 Å². The predicted molar refractivity (Wildman–Crippen MR) is 167 cm³/mol. The highest BCUT2D eigenvalue weighted by Gasteiger charge is 2.66. The van der Waals surface area contributed by atoms with Crippen molar-refractivity contribution in [3.05, 3.63) is 23.3 Å². The van der Waals surface area contributed by atoms with Crippen LogP contribution in [0.4, 0.5) is 0 Å². The molecule has 5 N–H and O–H groups in total. The Kier molecular flexibility index (Phi) is 9.09. The minimum atomic E-state index is -1.40. The summed E-state index contributed by atoms with van der Waals surface area (Å²) in [5.41, 5.74) is 2.60. The number of aliphatic carboxylic acids is 1. The third-order valence-corrected chi connectivity index (χ3v) is 13.9. The SMILES string of the molecule is C=C(CC[C@@H](C(=O)O)[C@H]1CC[C@@]2(C)C3=C(CC[C@]12C)[C@@]1(C)CC[C@H](O)C(C)(C)C1C[C@H]3OC1OCC(O)C(O)C1O)C(C)C. The molecule has 0 amide bonds. The third kappa shape index (κ3) is 5.14. The van der Waals surface area contributed by atoms with E-state index in [1.165, 1.54) is 11.1 Å². The lowest BCUT2D eigenvalue weighted by Gasteiger charge is -2.63. The minimum absolute atomic E-state index is 0.00306. The number of allylic oxidation sites excluding steroid dienone is 2. The average Bonchev–Trinajstić information content (AvgIpc) is 3.22. The Balaban J connectivity index is 1.57. The summed E-state index contributed by atoms with van der Waals surface area (Å²) in [6.07, 6.45) is 1.03. The Morgan fingerprint density at radius 2 is 1.70 bits per heavy atom. The first-order valence-electron chi connectivity index (χ1n) is 17.0. The molecular weight excluding hydrogens is 560 g/mol. The van der Waals surface area contributed by atoms with Crippen LogP contribution in [0.2, 0.25) is 0 Å². The molecule has 5 unspecified atom stereocenters. The van der Waals surface area contributed by atoms with Gasteiger partial charge in [0.1, 0.15) is 18.3 Å². The molecule has 1 aliphatic heterocycles. The number of hydrogen-bond donors (Lipinski definition) is 5. The maximum absolute atomic E-state index is 12.9. The molecule has 0 spiro atoms. The minimum Gasteiger partial charge on any atom is -0.481 e. The van der Waals surface area contributed by atoms with Gasteiger partial charge in [-0.1, -0.05) is 66.2 Å². The van der Waals surface area contributed by atoms with Crippen LogP contribution in [0.1, 0.15) is 106 Å². The molecule has 0 aromatic heterocycles. The van der Waals surface area contributed by atoms with Crippen molar-refractivity contribution in [1.82, 2.24) is 0 Å². The van der Waals surface area contributed by atoms with E-state index < -0.39 is 48.7 Å². The number of hydrogen-bond acceptors (Lipinski definition) is 7. The summed E-state index contributed by atoms with van der Waals surface area (Å²) in [5, 5.41) is 53.2. The van der Waals surface area contributed by atoms with E-state index in [0.717, 1.165) is 44.1 Å². The van der Waals surface area contributed by atoms with Crippen LogP contribution < -0.4 is 0 Å². The van der Waals surface area contributed by atoms with Crippen molar-refractivity contribution >= 4 is 5.97 Å². The summed E-state index contributed by atoms with van der Waals surface area (Å²) >= 11 is 0. The predicted octanol–water partition coefficient (Wildman–Crippen LogP) is 5.22. The van der Waals surface area contributed by atoms with Crippen molar-refractivity contribution in [2.75, 3.05) is 6.61 Å². The summed E-state index contributed by atoms with van der Waals surface area (Å²) in [4.78, 5) is 12.9. The molecular formula is C36H58O8. The van der Waals surface area contributed by atoms with Gasteiger partial charge in [0, 0.05) is 0 Å². The van der Waals surface area contributed by atoms with E-state index in [-0.39, 0.29) is 40.1 Å². The Hall–Kier alpha value is -1.29. The van der Waals surface area contributed by atoms with Crippen molar-refractivity contribution < 1.29 is 39.8 Å². The molecule has 2 saturated carbocycles. The van der Waals surface area contributed by atoms with Gasteiger partial charge >= 0.3 is 5.97 Å². The monoisotopic (exact) mass is 618 g/mol. The topological polar surface area (TPSA) is 137 Å². The molecule has 8 nitrogen and oxygen atoms in total. The van der Waals surface area contributed by atoms with Crippen molar-refractivity contribution in [1.29, 1.82) is 0 Å². The first kappa shape index (κ1) is 34.1. The Bertz CT molecular complexity index is 1160. The molecule has 0 aromatic carbocycles. The fraction of sp³-hybridized carbons (Fsp3) is 0.861. The zero-order valence-electron chi connectivity index (χ0n) is 28.0. The third-order valence-electron chi connectivity index (χ3n) is 13.9. The van der Waals surface area contributed by atoms with Crippen molar-refractivity contribution in [2.45, 2.75) is 143 Å². The van der Waals surface area contributed by atoms with Crippen LogP contribution in [0.25, 0.3) is 0 Å². The van der Waals surface area contributed by atoms with E-state index >= 15 is 0 Å². The standard InChI is InChI=1S/C36H58O8/c1-19(2)20(3)9-10-21(31(41)42)22-11-16-36(8)28-23(12-15-35(22,36)7)34(6)14-13-27(38)33(4,5)26(34)17-25(28)44-32-30(40)29(39)24(37)18-43-32/h19,21-22,24-27,29-30,32,37-40H,3,9-18H2,1-2,4-8H3,(H,41,42)/t21-,22-,24?,25-,26?,27+,29?,30?,32?,34-,35-,36+/m1/s1. The molecule has 5 rings (SSSR count). The van der Waals surface area contributed by atoms with Gasteiger partial charge in [0.2, 0.25) is 0 Å². The van der Waals surface area contributed by atoms with Crippen molar-refractivity contribution in [2.24, 2.45) is 45.3 Å². The lowest BCUT2D eigenvalue weighted by atomic mass is 9.42. The van der Waals surface area contributed by atoms with E-state index in [4.69, 9.17) is 9.47 Å². The average molecular weight is 619 g/mol. The zero-order chi connectivity index (χ0) is 32.6. The van der Waals surface area contributed by atoms with Gasteiger partial charge in [-0.3, -0.25) is 4.79 Å². The first-order chi connectivity index (χ1) is 20.4. The van der Waals surface area contributed by atoms with Crippen LogP contribution in [0.15, 0.2) is 23.3 Å². The smallest absolute Gasteiger partial charge is 0.306 e. The van der Waals surface area contributed by atoms with Crippen molar-refractivity contribution in [3.8, 4) is 0 Å². The van der Waals surface area contributed by atoms with E-state index in [1.807, 2.05) is 0 Å². The van der Waals surface area contributed by atoms with Crippen LogP contribution in [-0.2, 0) is 14.3 Å². The Morgan fingerprint density at radius 1 is 1.02 bits per heavy atom.